The van der Waals surface area contributed by atoms with Crippen molar-refractivity contribution in [2.45, 2.75) is 13.1 Å². The van der Waals surface area contributed by atoms with Crippen LogP contribution in [0.5, 0.6) is 0 Å². The van der Waals surface area contributed by atoms with E-state index in [4.69, 9.17) is 0 Å². The van der Waals surface area contributed by atoms with E-state index >= 15 is 0 Å². The molecule has 0 saturated heterocycles. The second-order valence-corrected chi connectivity index (χ2v) is 10.3. The van der Waals surface area contributed by atoms with Crippen molar-refractivity contribution in [1.29, 1.82) is 0 Å². The highest BCUT2D eigenvalue weighted by atomic mass is 32.3. The zero-order valence-corrected chi connectivity index (χ0v) is 15.4. The number of hydrogen-bond acceptors (Lipinski definition) is 1. The van der Waals surface area contributed by atoms with E-state index in [0.29, 0.717) is 11.3 Å². The van der Waals surface area contributed by atoms with Gasteiger partial charge in [0.2, 0.25) is 0 Å². The summed E-state index contributed by atoms with van der Waals surface area (Å²) in [4.78, 5) is 4.60. The van der Waals surface area contributed by atoms with Gasteiger partial charge in [-0.3, -0.25) is 0 Å². The van der Waals surface area contributed by atoms with Crippen LogP contribution in [0.15, 0.2) is 53.5 Å². The molecule has 0 N–H and O–H groups in total. The van der Waals surface area contributed by atoms with Crippen LogP contribution < -0.4 is 0 Å². The minimum atomic E-state index is -4.35. The molecule has 0 radical (unpaired) electrons. The fraction of sp³-hybridized carbons (Fsp3) is 0.250. The van der Waals surface area contributed by atoms with Crippen LogP contribution in [0, 0.1) is 18.1 Å². The molecular weight excluding hydrogens is 343 g/mol. The predicted molar refractivity (Wildman–Crippen MR) is 102 cm³/mol. The van der Waals surface area contributed by atoms with Gasteiger partial charge in [0, 0.05) is 5.56 Å². The van der Waals surface area contributed by atoms with Gasteiger partial charge in [0.1, 0.15) is 5.71 Å². The minimum absolute atomic E-state index is 0.477. The monoisotopic (exact) mass is 363 g/mol. The molecule has 0 spiro atoms. The molecule has 0 bridgehead atoms. The smallest absolute Gasteiger partial charge is 0.239 e. The van der Waals surface area contributed by atoms with Crippen molar-refractivity contribution in [1.82, 2.24) is 0 Å². The van der Waals surface area contributed by atoms with Gasteiger partial charge in [-0.05, 0) is 60.6 Å². The van der Waals surface area contributed by atoms with Crippen LogP contribution in [0.1, 0.15) is 16.7 Å². The van der Waals surface area contributed by atoms with Crippen LogP contribution >= 0.6 is 10.0 Å². The van der Waals surface area contributed by atoms with Crippen LogP contribution in [0.3, 0.4) is 0 Å². The van der Waals surface area contributed by atoms with Gasteiger partial charge in [0.25, 0.3) is 0 Å². The Kier molecular flexibility index (Phi) is 5.64. The maximum absolute atomic E-state index is 12.8. The van der Waals surface area contributed by atoms with E-state index in [1.165, 1.54) is 12.1 Å². The standard InChI is InChI=1S/C20H20F3NS/c1-15-7-5-6-8-18(15)24-19(13-14-25(2,3)4)16-9-11-17(12-10-16)20(21,22)23/h5-12H,1-4H3. The third-order valence-electron chi connectivity index (χ3n) is 3.31. The molecule has 0 heterocycles. The molecule has 132 valence electrons. The second-order valence-electron chi connectivity index (χ2n) is 6.39. The summed E-state index contributed by atoms with van der Waals surface area (Å²) in [6, 6.07) is 12.6. The van der Waals surface area contributed by atoms with E-state index in [1.54, 1.807) is 0 Å². The number of para-hydroxylation sites is 1. The molecule has 0 saturated carbocycles. The molecule has 25 heavy (non-hydrogen) atoms. The van der Waals surface area contributed by atoms with Crippen molar-refractivity contribution in [3.63, 3.8) is 0 Å². The number of aliphatic imine (C=N–C) groups is 1. The van der Waals surface area contributed by atoms with Gasteiger partial charge in [0.05, 0.1) is 11.3 Å². The Bertz CT molecular complexity index is 832. The molecule has 0 unspecified atom stereocenters. The van der Waals surface area contributed by atoms with Crippen molar-refractivity contribution < 1.29 is 13.2 Å². The highest BCUT2D eigenvalue weighted by molar-refractivity contribution is 8.36. The quantitative estimate of drug-likeness (QED) is 0.473. The largest absolute Gasteiger partial charge is 0.416 e. The lowest BCUT2D eigenvalue weighted by Gasteiger charge is -2.15. The van der Waals surface area contributed by atoms with E-state index in [1.807, 2.05) is 31.2 Å². The molecule has 2 aromatic rings. The average molecular weight is 363 g/mol. The fourth-order valence-corrected chi connectivity index (χ4v) is 2.40. The van der Waals surface area contributed by atoms with Crippen LogP contribution in [0.25, 0.3) is 0 Å². The Hall–Kier alpha value is -2.19. The van der Waals surface area contributed by atoms with Crippen molar-refractivity contribution in [2.24, 2.45) is 4.99 Å². The van der Waals surface area contributed by atoms with E-state index < -0.39 is 21.8 Å². The highest BCUT2D eigenvalue weighted by Gasteiger charge is 2.30. The highest BCUT2D eigenvalue weighted by Crippen LogP contribution is 2.32. The van der Waals surface area contributed by atoms with Gasteiger partial charge in [-0.25, -0.2) is 4.99 Å². The summed E-state index contributed by atoms with van der Waals surface area (Å²) in [5.41, 5.74) is 2.12. The van der Waals surface area contributed by atoms with E-state index in [2.05, 4.69) is 34.9 Å². The maximum atomic E-state index is 12.8. The first-order valence-electron chi connectivity index (χ1n) is 7.59. The number of nitrogens with zero attached hydrogens (tertiary/aromatic N) is 1. The number of aryl methyl sites for hydroxylation is 1. The van der Waals surface area contributed by atoms with Gasteiger partial charge < -0.3 is 0 Å². The molecule has 0 aliphatic heterocycles. The Morgan fingerprint density at radius 3 is 2.08 bits per heavy atom. The summed E-state index contributed by atoms with van der Waals surface area (Å²) in [5, 5.41) is 3.19. The lowest BCUT2D eigenvalue weighted by molar-refractivity contribution is -0.137. The Balaban J connectivity index is 2.52. The molecule has 0 aliphatic rings. The molecule has 5 heteroatoms. The molecule has 0 aromatic heterocycles. The molecule has 1 nitrogen and oxygen atoms in total. The SMILES string of the molecule is Cc1ccccc1N=C(C#CS(C)(C)C)c1ccc(C(F)(F)F)cc1. The zero-order valence-electron chi connectivity index (χ0n) is 14.6. The number of alkyl halides is 3. The first kappa shape index (κ1) is 19.1. The first-order chi connectivity index (χ1) is 11.6. The third kappa shape index (κ3) is 5.68. The fourth-order valence-electron chi connectivity index (χ4n) is 1.99. The summed E-state index contributed by atoms with van der Waals surface area (Å²) in [6.45, 7) is 1.94. The lowest BCUT2D eigenvalue weighted by atomic mass is 10.1. The summed E-state index contributed by atoms with van der Waals surface area (Å²) < 4.78 is 38.3. The summed E-state index contributed by atoms with van der Waals surface area (Å²) >= 11 is 0. The van der Waals surface area contributed by atoms with Crippen molar-refractivity contribution in [2.75, 3.05) is 18.8 Å². The Morgan fingerprint density at radius 2 is 1.56 bits per heavy atom. The van der Waals surface area contributed by atoms with Gasteiger partial charge >= 0.3 is 6.18 Å². The molecule has 0 aliphatic carbocycles. The Labute approximate surface area is 148 Å². The first-order valence-corrected chi connectivity index (χ1v) is 10.4. The molecule has 2 aromatic carbocycles. The predicted octanol–water partition coefficient (Wildman–Crippen LogP) is 5.79. The maximum Gasteiger partial charge on any atom is 0.416 e. The number of rotatable bonds is 2. The van der Waals surface area contributed by atoms with Crippen molar-refractivity contribution in [3.8, 4) is 11.2 Å². The normalized spacial score (nSPS) is 13.2. The summed E-state index contributed by atoms with van der Waals surface area (Å²) in [7, 11) is -1.08. The van der Waals surface area contributed by atoms with Gasteiger partial charge in [-0.2, -0.15) is 23.2 Å². The minimum Gasteiger partial charge on any atom is -0.239 e. The molecular formula is C20H20F3NS. The van der Waals surface area contributed by atoms with Crippen molar-refractivity contribution >= 4 is 21.4 Å². The average Bonchev–Trinajstić information content (AvgIpc) is 2.51. The van der Waals surface area contributed by atoms with Crippen LogP contribution in [0.4, 0.5) is 18.9 Å². The number of hydrogen-bond donors (Lipinski definition) is 0. The van der Waals surface area contributed by atoms with E-state index in [-0.39, 0.29) is 0 Å². The molecule has 0 amide bonds. The van der Waals surface area contributed by atoms with Crippen LogP contribution in [0.2, 0.25) is 0 Å². The van der Waals surface area contributed by atoms with Crippen LogP contribution in [-0.4, -0.2) is 24.5 Å². The van der Waals surface area contributed by atoms with Gasteiger partial charge in [-0.1, -0.05) is 30.3 Å². The number of benzene rings is 2. The van der Waals surface area contributed by atoms with E-state index in [9.17, 15) is 13.2 Å². The van der Waals surface area contributed by atoms with Crippen molar-refractivity contribution in [3.05, 3.63) is 65.2 Å². The summed E-state index contributed by atoms with van der Waals surface area (Å²) in [6.07, 6.45) is 1.81. The third-order valence-corrected chi connectivity index (χ3v) is 4.02. The zero-order chi connectivity index (χ0) is 18.7. The number of halogens is 3. The second kappa shape index (κ2) is 7.37. The van der Waals surface area contributed by atoms with Gasteiger partial charge in [-0.15, -0.1) is 0 Å². The topological polar surface area (TPSA) is 12.4 Å². The van der Waals surface area contributed by atoms with Crippen LogP contribution in [-0.2, 0) is 6.18 Å². The van der Waals surface area contributed by atoms with E-state index in [0.717, 1.165) is 23.4 Å². The molecule has 2 rings (SSSR count). The van der Waals surface area contributed by atoms with Gasteiger partial charge in [0.15, 0.2) is 0 Å². The summed E-state index contributed by atoms with van der Waals surface area (Å²) in [5.74, 6) is 3.07. The molecule has 0 atom stereocenters. The molecule has 0 fully saturated rings. The Morgan fingerprint density at radius 1 is 0.960 bits per heavy atom. The lowest BCUT2D eigenvalue weighted by Crippen LogP contribution is -2.06.